The van der Waals surface area contributed by atoms with Crippen LogP contribution in [0.1, 0.15) is 78.1 Å². The van der Waals surface area contributed by atoms with E-state index in [0.717, 1.165) is 12.6 Å². The highest BCUT2D eigenvalue weighted by Gasteiger charge is 2.25. The molecule has 1 fully saturated rings. The third-order valence-corrected chi connectivity index (χ3v) is 4.30. The number of nitrogens with zero attached hydrogens (tertiary/aromatic N) is 1. The number of unbranched alkanes of at least 4 members (excludes halogenated alkanes) is 5. The molecule has 0 saturated carbocycles. The minimum Gasteiger partial charge on any atom is -0.326 e. The normalized spacial score (nSPS) is 22.5. The molecule has 108 valence electrons. The average Bonchev–Trinajstić information content (AvgIpc) is 2.79. The zero-order valence-electron chi connectivity index (χ0n) is 12.7. The van der Waals surface area contributed by atoms with Crippen molar-refractivity contribution in [3.05, 3.63) is 0 Å². The van der Waals surface area contributed by atoms with Crippen LogP contribution in [0.4, 0.5) is 0 Å². The topological polar surface area (TPSA) is 29.3 Å². The van der Waals surface area contributed by atoms with Gasteiger partial charge in [-0.15, -0.1) is 0 Å². The molecule has 1 unspecified atom stereocenters. The molecule has 0 aromatic carbocycles. The zero-order chi connectivity index (χ0) is 13.2. The maximum absolute atomic E-state index is 6.04. The van der Waals surface area contributed by atoms with E-state index in [4.69, 9.17) is 5.73 Å². The van der Waals surface area contributed by atoms with Crippen molar-refractivity contribution in [1.82, 2.24) is 4.90 Å². The predicted molar refractivity (Wildman–Crippen MR) is 80.9 cm³/mol. The summed E-state index contributed by atoms with van der Waals surface area (Å²) in [6, 6.07) is 1.26. The first-order chi connectivity index (χ1) is 8.77. The third-order valence-electron chi connectivity index (χ3n) is 4.30. The zero-order valence-corrected chi connectivity index (χ0v) is 12.7. The molecule has 0 spiro atoms. The first-order valence-corrected chi connectivity index (χ1v) is 8.27. The lowest BCUT2D eigenvalue weighted by atomic mass is 10.0. The van der Waals surface area contributed by atoms with Crippen molar-refractivity contribution >= 4 is 0 Å². The van der Waals surface area contributed by atoms with Crippen molar-refractivity contribution in [2.24, 2.45) is 5.73 Å². The average molecular weight is 254 g/mol. The fraction of sp³-hybridized carbons (Fsp3) is 1.00. The van der Waals surface area contributed by atoms with Crippen molar-refractivity contribution < 1.29 is 0 Å². The van der Waals surface area contributed by atoms with E-state index in [1.807, 2.05) is 0 Å². The highest BCUT2D eigenvalue weighted by Crippen LogP contribution is 2.21. The van der Waals surface area contributed by atoms with E-state index in [0.29, 0.717) is 6.04 Å². The van der Waals surface area contributed by atoms with Crippen molar-refractivity contribution in [3.8, 4) is 0 Å². The first kappa shape index (κ1) is 16.0. The maximum Gasteiger partial charge on any atom is 0.0180 e. The Bertz CT molecular complexity index is 194. The van der Waals surface area contributed by atoms with E-state index < -0.39 is 0 Å². The van der Waals surface area contributed by atoms with Crippen LogP contribution >= 0.6 is 0 Å². The molecule has 1 saturated heterocycles. The molecule has 1 aliphatic rings. The number of likely N-dealkylation sites (tertiary alicyclic amines) is 1. The molecule has 2 nitrogen and oxygen atoms in total. The Morgan fingerprint density at radius 2 is 1.67 bits per heavy atom. The molecule has 2 heteroatoms. The Labute approximate surface area is 114 Å². The van der Waals surface area contributed by atoms with E-state index in [2.05, 4.69) is 18.7 Å². The molecule has 18 heavy (non-hydrogen) atoms. The van der Waals surface area contributed by atoms with Gasteiger partial charge in [0.25, 0.3) is 0 Å². The molecule has 1 rings (SSSR count). The Morgan fingerprint density at radius 3 is 2.28 bits per heavy atom. The van der Waals surface area contributed by atoms with E-state index in [1.54, 1.807) is 0 Å². The maximum atomic E-state index is 6.04. The van der Waals surface area contributed by atoms with Crippen molar-refractivity contribution in [1.29, 1.82) is 0 Å². The van der Waals surface area contributed by atoms with Gasteiger partial charge in [-0.1, -0.05) is 58.8 Å². The summed E-state index contributed by atoms with van der Waals surface area (Å²) in [7, 11) is 0. The monoisotopic (exact) mass is 254 g/mol. The summed E-state index contributed by atoms with van der Waals surface area (Å²) >= 11 is 0. The summed E-state index contributed by atoms with van der Waals surface area (Å²) in [4.78, 5) is 2.67. The van der Waals surface area contributed by atoms with Gasteiger partial charge in [0, 0.05) is 25.2 Å². The van der Waals surface area contributed by atoms with Crippen molar-refractivity contribution in [2.75, 3.05) is 13.1 Å². The van der Waals surface area contributed by atoms with Gasteiger partial charge >= 0.3 is 0 Å². The van der Waals surface area contributed by atoms with Gasteiger partial charge in [0.15, 0.2) is 0 Å². The van der Waals surface area contributed by atoms with Gasteiger partial charge in [0.1, 0.15) is 0 Å². The van der Waals surface area contributed by atoms with E-state index in [1.165, 1.54) is 70.8 Å². The van der Waals surface area contributed by atoms with E-state index in [-0.39, 0.29) is 0 Å². The number of rotatable bonds is 10. The Morgan fingerprint density at radius 1 is 1.00 bits per heavy atom. The van der Waals surface area contributed by atoms with Gasteiger partial charge in [0.05, 0.1) is 0 Å². The van der Waals surface area contributed by atoms with E-state index >= 15 is 0 Å². The minimum absolute atomic E-state index is 0.439. The first-order valence-electron chi connectivity index (χ1n) is 8.27. The van der Waals surface area contributed by atoms with Gasteiger partial charge in [0.2, 0.25) is 0 Å². The molecule has 0 aromatic rings. The van der Waals surface area contributed by atoms with Gasteiger partial charge < -0.3 is 5.73 Å². The molecule has 0 radical (unpaired) electrons. The highest BCUT2D eigenvalue weighted by atomic mass is 15.2. The van der Waals surface area contributed by atoms with Crippen LogP contribution in [0.2, 0.25) is 0 Å². The minimum atomic E-state index is 0.439. The second-order valence-electron chi connectivity index (χ2n) is 6.04. The van der Waals surface area contributed by atoms with Crippen molar-refractivity contribution in [3.63, 3.8) is 0 Å². The molecule has 0 bridgehead atoms. The Hall–Kier alpha value is -0.0800. The van der Waals surface area contributed by atoms with E-state index in [9.17, 15) is 0 Å². The number of hydrogen-bond acceptors (Lipinski definition) is 2. The largest absolute Gasteiger partial charge is 0.326 e. The summed E-state index contributed by atoms with van der Waals surface area (Å²) in [6.07, 6.45) is 13.7. The van der Waals surface area contributed by atoms with Gasteiger partial charge in [-0.25, -0.2) is 0 Å². The predicted octanol–water partition coefficient (Wildman–Crippen LogP) is 3.94. The molecule has 1 aliphatic heterocycles. The molecule has 2 N–H and O–H groups in total. The number of hydrogen-bond donors (Lipinski definition) is 1. The summed E-state index contributed by atoms with van der Waals surface area (Å²) in [5, 5.41) is 0. The van der Waals surface area contributed by atoms with Crippen LogP contribution in [0, 0.1) is 0 Å². The SMILES string of the molecule is CCCCCCCC(CCCC)N1CC[C@@H](N)C1. The molecule has 0 aliphatic carbocycles. The second kappa shape index (κ2) is 9.80. The van der Waals surface area contributed by atoms with Crippen LogP contribution < -0.4 is 5.73 Å². The Kier molecular flexibility index (Phi) is 8.70. The van der Waals surface area contributed by atoms with Crippen LogP contribution in [-0.2, 0) is 0 Å². The van der Waals surface area contributed by atoms with Gasteiger partial charge in [-0.2, -0.15) is 0 Å². The molecule has 0 amide bonds. The smallest absolute Gasteiger partial charge is 0.0180 e. The number of nitrogens with two attached hydrogens (primary N) is 1. The third kappa shape index (κ3) is 6.19. The lowest BCUT2D eigenvalue weighted by molar-refractivity contribution is 0.208. The Balaban J connectivity index is 2.22. The van der Waals surface area contributed by atoms with Gasteiger partial charge in [-0.3, -0.25) is 4.90 Å². The van der Waals surface area contributed by atoms with Crippen LogP contribution in [0.3, 0.4) is 0 Å². The summed E-state index contributed by atoms with van der Waals surface area (Å²) in [5.41, 5.74) is 6.04. The van der Waals surface area contributed by atoms with Crippen LogP contribution in [-0.4, -0.2) is 30.1 Å². The second-order valence-corrected chi connectivity index (χ2v) is 6.04. The summed E-state index contributed by atoms with van der Waals surface area (Å²) in [5.74, 6) is 0. The van der Waals surface area contributed by atoms with Gasteiger partial charge in [-0.05, 0) is 19.3 Å². The molecular formula is C16H34N2. The lowest BCUT2D eigenvalue weighted by Crippen LogP contribution is -2.35. The quantitative estimate of drug-likeness (QED) is 0.598. The van der Waals surface area contributed by atoms with Crippen molar-refractivity contribution in [2.45, 2.75) is 90.1 Å². The fourth-order valence-corrected chi connectivity index (χ4v) is 3.08. The van der Waals surface area contributed by atoms with Crippen LogP contribution in [0.25, 0.3) is 0 Å². The molecule has 2 atom stereocenters. The fourth-order valence-electron chi connectivity index (χ4n) is 3.08. The van der Waals surface area contributed by atoms with Crippen LogP contribution in [0.5, 0.6) is 0 Å². The molecule has 0 aromatic heterocycles. The standard InChI is InChI=1S/C16H34N2/c1-3-5-7-8-9-11-16(10-6-4-2)18-13-12-15(17)14-18/h15-16H,3-14,17H2,1-2H3/t15-,16?/m1/s1. The highest BCUT2D eigenvalue weighted by molar-refractivity contribution is 4.83. The summed E-state index contributed by atoms with van der Waals surface area (Å²) < 4.78 is 0. The molecule has 1 heterocycles. The molecular weight excluding hydrogens is 220 g/mol. The summed E-state index contributed by atoms with van der Waals surface area (Å²) in [6.45, 7) is 6.97. The van der Waals surface area contributed by atoms with Crippen LogP contribution in [0.15, 0.2) is 0 Å². The lowest BCUT2D eigenvalue weighted by Gasteiger charge is -2.28.